The quantitative estimate of drug-likeness (QED) is 0.156. The fraction of sp³-hybridized carbons (Fsp3) is 0.833. The predicted octanol–water partition coefficient (Wildman–Crippen LogP) is 4.94. The maximum absolute atomic E-state index is 14.2. The number of hydrogen-bond donors (Lipinski definition) is 7. The molecule has 9 heteroatoms. The van der Waals surface area contributed by atoms with Gasteiger partial charge in [-0.3, -0.25) is 4.79 Å². The van der Waals surface area contributed by atoms with E-state index in [0.717, 1.165) is 36.8 Å². The van der Waals surface area contributed by atoms with Crippen LogP contribution in [-0.4, -0.2) is 79.2 Å². The lowest BCUT2D eigenvalue weighted by Crippen LogP contribution is -2.68. The zero-order valence-corrected chi connectivity index (χ0v) is 31.4. The normalized spacial score (nSPS) is 47.5. The van der Waals surface area contributed by atoms with Gasteiger partial charge in [-0.25, -0.2) is 0 Å². The van der Waals surface area contributed by atoms with E-state index in [4.69, 9.17) is 10.5 Å². The molecule has 1 saturated heterocycles. The molecule has 9 nitrogen and oxygen atoms in total. The first-order chi connectivity index (χ1) is 24.2. The van der Waals surface area contributed by atoms with Crippen molar-refractivity contribution in [2.24, 2.45) is 46.2 Å². The highest BCUT2D eigenvalue weighted by molar-refractivity contribution is 5.95. The minimum absolute atomic E-state index is 0.0806. The van der Waals surface area contributed by atoms with Crippen molar-refractivity contribution >= 4 is 5.78 Å². The highest BCUT2D eigenvalue weighted by Gasteiger charge is 2.72. The number of carbonyl (C=O) groups excluding carboxylic acids is 1. The molecule has 2 heterocycles. The maximum Gasteiger partial charge on any atom is 0.159 e. The first kappa shape index (κ1) is 37.7. The number of aliphatic hydroxyl groups excluding tert-OH is 2. The Labute approximate surface area is 305 Å². The van der Waals surface area contributed by atoms with Gasteiger partial charge in [0, 0.05) is 17.5 Å². The van der Waals surface area contributed by atoms with Gasteiger partial charge in [0.1, 0.15) is 5.60 Å². The number of nitrogens with two attached hydrogens (primary N) is 1. The second-order valence-corrected chi connectivity index (χ2v) is 18.4. The Kier molecular flexibility index (Phi) is 10.3. The van der Waals surface area contributed by atoms with Crippen LogP contribution in [0.5, 0.6) is 0 Å². The Balaban J connectivity index is 1.18. The van der Waals surface area contributed by atoms with Crippen LogP contribution in [0.4, 0.5) is 0 Å². The fourth-order valence-electron chi connectivity index (χ4n) is 13.1. The average Bonchev–Trinajstić information content (AvgIpc) is 3.58. The van der Waals surface area contributed by atoms with Crippen LogP contribution in [-0.2, 0) is 9.53 Å². The number of ketones is 1. The number of ether oxygens (including phenoxy) is 1. The molecule has 0 radical (unpaired) electrons. The van der Waals surface area contributed by atoms with Gasteiger partial charge in [-0.1, -0.05) is 58.4 Å². The molecule has 286 valence electrons. The van der Waals surface area contributed by atoms with Crippen LogP contribution in [0.3, 0.4) is 0 Å². The third-order valence-corrected chi connectivity index (χ3v) is 16.0. The maximum atomic E-state index is 14.2. The molecule has 7 rings (SSSR count). The molecule has 4 saturated carbocycles. The minimum Gasteiger partial charge on any atom is -0.390 e. The van der Waals surface area contributed by atoms with E-state index in [2.05, 4.69) is 19.2 Å². The average molecular weight is 711 g/mol. The monoisotopic (exact) mass is 710 g/mol. The number of nitrogens with one attached hydrogen (secondary N) is 1. The zero-order chi connectivity index (χ0) is 36.4. The molecule has 5 aliphatic carbocycles. The van der Waals surface area contributed by atoms with Crippen molar-refractivity contribution < 1.29 is 35.1 Å². The number of fused-ring (bicyclic) bond motifs is 6. The lowest BCUT2D eigenvalue weighted by atomic mass is 9.44. The topological polar surface area (TPSA) is 166 Å². The Morgan fingerprint density at radius 2 is 1.84 bits per heavy atom. The van der Waals surface area contributed by atoms with E-state index in [1.165, 1.54) is 25.7 Å². The second kappa shape index (κ2) is 13.9. The van der Waals surface area contributed by atoms with E-state index < -0.39 is 57.8 Å². The third-order valence-electron chi connectivity index (χ3n) is 16.0. The summed E-state index contributed by atoms with van der Waals surface area (Å²) in [5, 5.41) is 64.0. The van der Waals surface area contributed by atoms with Gasteiger partial charge >= 0.3 is 0 Å². The summed E-state index contributed by atoms with van der Waals surface area (Å²) in [5.74, 6) is -0.494. The fourth-order valence-corrected chi connectivity index (χ4v) is 13.1. The molecule has 0 aromatic carbocycles. The molecule has 1 unspecified atom stereocenters. The highest BCUT2D eigenvalue weighted by atomic mass is 16.5. The summed E-state index contributed by atoms with van der Waals surface area (Å²) in [5.41, 5.74) is 2.06. The summed E-state index contributed by atoms with van der Waals surface area (Å²) in [6.07, 6.45) is 18.2. The molecule has 5 fully saturated rings. The lowest BCUT2D eigenvalue weighted by molar-refractivity contribution is -0.248. The third kappa shape index (κ3) is 5.95. The van der Waals surface area contributed by atoms with Gasteiger partial charge in [0.25, 0.3) is 0 Å². The molecule has 51 heavy (non-hydrogen) atoms. The molecule has 0 aromatic heterocycles. The highest BCUT2D eigenvalue weighted by Crippen LogP contribution is 2.70. The molecule has 0 bridgehead atoms. The predicted molar refractivity (Wildman–Crippen MR) is 196 cm³/mol. The van der Waals surface area contributed by atoms with E-state index >= 15 is 0 Å². The summed E-state index contributed by atoms with van der Waals surface area (Å²) in [6.45, 7) is 6.74. The van der Waals surface area contributed by atoms with E-state index in [9.17, 15) is 30.3 Å². The lowest BCUT2D eigenvalue weighted by Gasteiger charge is -2.62. The van der Waals surface area contributed by atoms with Gasteiger partial charge in [0.2, 0.25) is 0 Å². The second-order valence-electron chi connectivity index (χ2n) is 18.4. The van der Waals surface area contributed by atoms with Crippen molar-refractivity contribution in [3.05, 3.63) is 35.6 Å². The number of carbonyl (C=O) groups is 1. The first-order valence-electron chi connectivity index (χ1n) is 20.5. The van der Waals surface area contributed by atoms with Gasteiger partial charge in [-0.05, 0) is 130 Å². The standard InChI is InChI=1S/C42H66N2O7/c1-4-5-6-7-10-27-25-51-37-28(27)11-8-9-17-42(37,50)39(3,48)35-16-20-41(49)30-21-32(45)31-22-33(46)34(47)23-40(31,29(30)15-18-38(35,41)2)19-14-26-12-13-36(43)44-24-26/h12-13,21,24,27-29,31,33-37,44,46-50H,4-11,14-20,22-23,25,43H2,1-3H3/t27-,28+,29+,31+,33-,34+,35+,36?,37-,38-,39-,40-,41-,42-/m1/s1. The largest absolute Gasteiger partial charge is 0.390 e. The number of unbranched alkanes of at least 4 members (excludes halogenated alkanes) is 3. The number of dihydropyridines is 1. The van der Waals surface area contributed by atoms with Crippen molar-refractivity contribution in [3.63, 3.8) is 0 Å². The van der Waals surface area contributed by atoms with Gasteiger partial charge in [-0.2, -0.15) is 0 Å². The Hall–Kier alpha value is -1.59. The summed E-state index contributed by atoms with van der Waals surface area (Å²) in [7, 11) is 0. The molecule has 0 spiro atoms. The zero-order valence-electron chi connectivity index (χ0n) is 31.4. The number of aliphatic hydroxyl groups is 5. The van der Waals surface area contributed by atoms with Crippen molar-refractivity contribution in [3.8, 4) is 0 Å². The van der Waals surface area contributed by atoms with Gasteiger partial charge < -0.3 is 41.3 Å². The SMILES string of the molecule is CCCCCC[C@@H]1CO[C@@H]2[C@H]1CCCC[C@]2(O)[C@](C)(O)[C@H]1CC[C@@]2(O)C3=CC(=O)[C@@H]4C[C@@H](O)[C@@H](O)C[C@]4(CCC4=CNC(N)C=C4)[C@H]3CC[C@]12C. The molecule has 2 aliphatic heterocycles. The van der Waals surface area contributed by atoms with E-state index in [-0.39, 0.29) is 30.2 Å². The van der Waals surface area contributed by atoms with Crippen molar-refractivity contribution in [2.45, 2.75) is 171 Å². The van der Waals surface area contributed by atoms with Crippen LogP contribution in [0.25, 0.3) is 0 Å². The Bertz CT molecular complexity index is 1410. The van der Waals surface area contributed by atoms with Crippen LogP contribution >= 0.6 is 0 Å². The summed E-state index contributed by atoms with van der Waals surface area (Å²) >= 11 is 0. The Morgan fingerprint density at radius 1 is 1.04 bits per heavy atom. The van der Waals surface area contributed by atoms with Crippen molar-refractivity contribution in [1.82, 2.24) is 5.32 Å². The number of allylic oxidation sites excluding steroid dienone is 3. The first-order valence-corrected chi connectivity index (χ1v) is 20.5. The molecule has 0 amide bonds. The van der Waals surface area contributed by atoms with Crippen LogP contribution in [0.1, 0.15) is 130 Å². The van der Waals surface area contributed by atoms with Gasteiger partial charge in [0.05, 0.1) is 42.3 Å². The summed E-state index contributed by atoms with van der Waals surface area (Å²) < 4.78 is 6.54. The van der Waals surface area contributed by atoms with Crippen LogP contribution < -0.4 is 11.1 Å². The molecular weight excluding hydrogens is 644 g/mol. The van der Waals surface area contributed by atoms with Crippen LogP contribution in [0.15, 0.2) is 35.6 Å². The molecule has 14 atom stereocenters. The molecule has 8 N–H and O–H groups in total. The molecular formula is C42H66N2O7. The summed E-state index contributed by atoms with van der Waals surface area (Å²) in [6, 6.07) is 0. The Morgan fingerprint density at radius 3 is 2.59 bits per heavy atom. The van der Waals surface area contributed by atoms with Crippen LogP contribution in [0.2, 0.25) is 0 Å². The van der Waals surface area contributed by atoms with Crippen LogP contribution in [0, 0.1) is 40.4 Å². The van der Waals surface area contributed by atoms with E-state index in [1.54, 1.807) is 6.08 Å². The van der Waals surface area contributed by atoms with Crippen molar-refractivity contribution in [1.29, 1.82) is 0 Å². The van der Waals surface area contributed by atoms with E-state index in [1.807, 2.05) is 25.3 Å². The molecule has 7 aliphatic rings. The van der Waals surface area contributed by atoms with Gasteiger partial charge in [0.15, 0.2) is 5.78 Å². The smallest absolute Gasteiger partial charge is 0.159 e. The van der Waals surface area contributed by atoms with Crippen molar-refractivity contribution in [2.75, 3.05) is 6.61 Å². The van der Waals surface area contributed by atoms with Gasteiger partial charge in [-0.15, -0.1) is 0 Å². The number of hydrogen-bond acceptors (Lipinski definition) is 9. The summed E-state index contributed by atoms with van der Waals surface area (Å²) in [4.78, 5) is 14.2. The molecule has 0 aromatic rings. The van der Waals surface area contributed by atoms with E-state index in [0.29, 0.717) is 63.9 Å². The minimum atomic E-state index is -1.53. The number of rotatable bonds is 10.